The normalized spacial score (nSPS) is 11.5. The van der Waals surface area contributed by atoms with E-state index in [-0.39, 0.29) is 23.0 Å². The number of esters is 1. The number of alkyl halides is 3. The number of halogens is 6. The van der Waals surface area contributed by atoms with Crippen molar-refractivity contribution in [3.8, 4) is 22.7 Å². The summed E-state index contributed by atoms with van der Waals surface area (Å²) in [7, 11) is 0. The van der Waals surface area contributed by atoms with E-state index in [4.69, 9.17) is 44.3 Å². The second-order valence-corrected chi connectivity index (χ2v) is 7.45. The topological polar surface area (TPSA) is 53.3 Å². The number of carbonyl (C=O) groups is 1. The molecule has 1 aromatic heterocycles. The number of carbonyl (C=O) groups excluding carboxylic acids is 1. The maximum Gasteiger partial charge on any atom is 0.422 e. The molecular formula is C20H14Cl3F3N2O3. The molecule has 0 aliphatic heterocycles. The van der Waals surface area contributed by atoms with Gasteiger partial charge in [0.1, 0.15) is 5.69 Å². The lowest BCUT2D eigenvalue weighted by Gasteiger charge is -2.13. The van der Waals surface area contributed by atoms with Crippen LogP contribution < -0.4 is 4.74 Å². The van der Waals surface area contributed by atoms with E-state index in [1.54, 1.807) is 19.1 Å². The van der Waals surface area contributed by atoms with Crippen molar-refractivity contribution in [2.24, 2.45) is 0 Å². The molecular weight excluding hydrogens is 480 g/mol. The molecule has 0 radical (unpaired) electrons. The second kappa shape index (κ2) is 9.38. The van der Waals surface area contributed by atoms with Crippen molar-refractivity contribution in [3.63, 3.8) is 0 Å². The van der Waals surface area contributed by atoms with E-state index < -0.39 is 30.2 Å². The summed E-state index contributed by atoms with van der Waals surface area (Å²) in [6.45, 7) is -0.0935. The number of nitrogens with zero attached hydrogens (tertiary/aromatic N) is 2. The van der Waals surface area contributed by atoms with E-state index in [2.05, 4.69) is 5.10 Å². The lowest BCUT2D eigenvalue weighted by Crippen LogP contribution is -2.20. The van der Waals surface area contributed by atoms with Crippen LogP contribution >= 0.6 is 34.8 Å². The maximum absolute atomic E-state index is 12.9. The molecule has 0 aliphatic carbocycles. The third kappa shape index (κ3) is 5.44. The highest BCUT2D eigenvalue weighted by molar-refractivity contribution is 6.35. The molecule has 0 amide bonds. The number of aromatic nitrogens is 2. The van der Waals surface area contributed by atoms with Crippen LogP contribution in [0, 0.1) is 0 Å². The minimum Gasteiger partial charge on any atom is -0.479 e. The molecule has 0 saturated heterocycles. The molecule has 164 valence electrons. The highest BCUT2D eigenvalue weighted by Crippen LogP contribution is 2.39. The predicted molar refractivity (Wildman–Crippen MR) is 112 cm³/mol. The molecule has 0 N–H and O–H groups in total. The Morgan fingerprint density at radius 1 is 1.06 bits per heavy atom. The van der Waals surface area contributed by atoms with Gasteiger partial charge in [0.25, 0.3) is 0 Å². The molecule has 0 unspecified atom stereocenters. The van der Waals surface area contributed by atoms with E-state index in [0.29, 0.717) is 15.6 Å². The van der Waals surface area contributed by atoms with E-state index in [1.807, 2.05) is 0 Å². The van der Waals surface area contributed by atoms with E-state index in [9.17, 15) is 18.0 Å². The molecule has 3 rings (SSSR count). The molecule has 2 aromatic carbocycles. The molecule has 3 aromatic rings. The fourth-order valence-corrected chi connectivity index (χ4v) is 3.33. The highest BCUT2D eigenvalue weighted by atomic mass is 35.5. The van der Waals surface area contributed by atoms with Crippen molar-refractivity contribution in [2.45, 2.75) is 13.1 Å². The maximum atomic E-state index is 12.9. The van der Waals surface area contributed by atoms with Gasteiger partial charge in [-0.25, -0.2) is 9.48 Å². The molecule has 5 nitrogen and oxygen atoms in total. The fourth-order valence-electron chi connectivity index (χ4n) is 2.72. The van der Waals surface area contributed by atoms with E-state index in [0.717, 1.165) is 0 Å². The van der Waals surface area contributed by atoms with Crippen LogP contribution in [0.1, 0.15) is 17.4 Å². The van der Waals surface area contributed by atoms with Gasteiger partial charge in [0, 0.05) is 15.6 Å². The summed E-state index contributed by atoms with van der Waals surface area (Å²) in [6, 6.07) is 10.6. The zero-order chi connectivity index (χ0) is 22.8. The van der Waals surface area contributed by atoms with E-state index in [1.165, 1.54) is 35.0 Å². The van der Waals surface area contributed by atoms with Crippen molar-refractivity contribution >= 4 is 40.8 Å². The predicted octanol–water partition coefficient (Wildman–Crippen LogP) is 6.62. The summed E-state index contributed by atoms with van der Waals surface area (Å²) >= 11 is 18.2. The number of hydrogen-bond donors (Lipinski definition) is 0. The number of ether oxygens (including phenoxy) is 2. The molecule has 0 spiro atoms. The Kier molecular flexibility index (Phi) is 7.03. The number of rotatable bonds is 6. The van der Waals surface area contributed by atoms with Gasteiger partial charge in [-0.2, -0.15) is 18.3 Å². The third-order valence-corrected chi connectivity index (χ3v) is 4.74. The smallest absolute Gasteiger partial charge is 0.422 e. The first kappa shape index (κ1) is 23.2. The van der Waals surface area contributed by atoms with Crippen LogP contribution in [0.3, 0.4) is 0 Å². The molecule has 0 atom stereocenters. The van der Waals surface area contributed by atoms with Crippen LogP contribution in [0.25, 0.3) is 16.9 Å². The lowest BCUT2D eigenvalue weighted by atomic mass is 10.1. The molecule has 0 aliphatic rings. The summed E-state index contributed by atoms with van der Waals surface area (Å²) in [6.07, 6.45) is -4.65. The minimum atomic E-state index is -4.65. The fraction of sp³-hybridized carbons (Fsp3) is 0.200. The summed E-state index contributed by atoms with van der Waals surface area (Å²) in [4.78, 5) is 12.5. The summed E-state index contributed by atoms with van der Waals surface area (Å²) in [5.74, 6) is -1.34. The van der Waals surface area contributed by atoms with Gasteiger partial charge >= 0.3 is 12.1 Å². The summed E-state index contributed by atoms with van der Waals surface area (Å²) in [5.41, 5.74) is 0.286. The number of benzene rings is 2. The van der Waals surface area contributed by atoms with E-state index >= 15 is 0 Å². The Labute approximate surface area is 190 Å². The van der Waals surface area contributed by atoms with Crippen LogP contribution in [0.15, 0.2) is 42.5 Å². The zero-order valence-electron chi connectivity index (χ0n) is 15.8. The Balaban J connectivity index is 2.30. The van der Waals surface area contributed by atoms with Crippen LogP contribution in [-0.2, 0) is 4.74 Å². The van der Waals surface area contributed by atoms with Crippen molar-refractivity contribution in [2.75, 3.05) is 13.2 Å². The molecule has 11 heteroatoms. The van der Waals surface area contributed by atoms with Gasteiger partial charge in [-0.15, -0.1) is 0 Å². The van der Waals surface area contributed by atoms with Gasteiger partial charge in [0.05, 0.1) is 17.3 Å². The summed E-state index contributed by atoms with van der Waals surface area (Å²) < 4.78 is 50.0. The number of hydrogen-bond acceptors (Lipinski definition) is 4. The zero-order valence-corrected chi connectivity index (χ0v) is 18.1. The highest BCUT2D eigenvalue weighted by Gasteiger charge is 2.33. The summed E-state index contributed by atoms with van der Waals surface area (Å²) in [5, 5.41) is 5.08. The van der Waals surface area contributed by atoms with Crippen molar-refractivity contribution in [1.82, 2.24) is 9.78 Å². The lowest BCUT2D eigenvalue weighted by molar-refractivity contribution is -0.153. The average Bonchev–Trinajstić information content (AvgIpc) is 3.06. The van der Waals surface area contributed by atoms with Gasteiger partial charge in [-0.05, 0) is 37.3 Å². The molecule has 0 saturated carbocycles. The quantitative estimate of drug-likeness (QED) is 0.362. The van der Waals surface area contributed by atoms with Crippen LogP contribution in [-0.4, -0.2) is 35.1 Å². The molecule has 1 heterocycles. The third-order valence-electron chi connectivity index (χ3n) is 3.95. The SMILES string of the molecule is CCOC(=O)c1nn(-c2ccc(Cl)cc2Cl)c(-c2ccc(Cl)cc2)c1OCC(F)(F)F. The van der Waals surface area contributed by atoms with Gasteiger partial charge in [-0.3, -0.25) is 0 Å². The van der Waals surface area contributed by atoms with Crippen molar-refractivity contribution in [1.29, 1.82) is 0 Å². The largest absolute Gasteiger partial charge is 0.479 e. The second-order valence-electron chi connectivity index (χ2n) is 6.17. The Bertz CT molecular complexity index is 1100. The first-order valence-corrected chi connectivity index (χ1v) is 9.95. The van der Waals surface area contributed by atoms with Crippen molar-refractivity contribution in [3.05, 3.63) is 63.2 Å². The Hall–Kier alpha value is -2.42. The molecule has 31 heavy (non-hydrogen) atoms. The first-order chi connectivity index (χ1) is 14.6. The van der Waals surface area contributed by atoms with Gasteiger partial charge in [0.15, 0.2) is 12.4 Å². The standard InChI is InChI=1S/C20H14Cl3F3N2O3/c1-2-30-19(29)16-18(31-10-20(24,25)26)17(11-3-5-12(21)6-4-11)28(27-16)15-8-7-13(22)9-14(15)23/h3-9H,2,10H2,1H3. The van der Waals surface area contributed by atoms with Crippen LogP contribution in [0.5, 0.6) is 5.75 Å². The molecule has 0 bridgehead atoms. The van der Waals surface area contributed by atoms with Gasteiger partial charge in [-0.1, -0.05) is 46.9 Å². The Morgan fingerprint density at radius 3 is 2.29 bits per heavy atom. The molecule has 0 fully saturated rings. The average molecular weight is 494 g/mol. The minimum absolute atomic E-state index is 0.0115. The van der Waals surface area contributed by atoms with Gasteiger partial charge in [0.2, 0.25) is 5.69 Å². The first-order valence-electron chi connectivity index (χ1n) is 8.81. The van der Waals surface area contributed by atoms with Crippen LogP contribution in [0.2, 0.25) is 15.1 Å². The van der Waals surface area contributed by atoms with Crippen LogP contribution in [0.4, 0.5) is 13.2 Å². The van der Waals surface area contributed by atoms with Crippen molar-refractivity contribution < 1.29 is 27.4 Å². The monoisotopic (exact) mass is 492 g/mol. The Morgan fingerprint density at radius 2 is 1.71 bits per heavy atom. The van der Waals surface area contributed by atoms with Gasteiger partial charge < -0.3 is 9.47 Å².